The second-order valence-corrected chi connectivity index (χ2v) is 6.55. The Morgan fingerprint density at radius 2 is 1.68 bits per heavy atom. The molecule has 1 aromatic heterocycles. The first-order valence-electron chi connectivity index (χ1n) is 9.28. The van der Waals surface area contributed by atoms with Gasteiger partial charge >= 0.3 is 6.01 Å². The zero-order valence-electron chi connectivity index (χ0n) is 15.6. The summed E-state index contributed by atoms with van der Waals surface area (Å²) in [7, 11) is 0. The molecule has 0 unspecified atom stereocenters. The number of nitrogens with one attached hydrogen (secondary N) is 1. The fourth-order valence-electron chi connectivity index (χ4n) is 2.99. The largest absolute Gasteiger partial charge is 0.486 e. The van der Waals surface area contributed by atoms with E-state index >= 15 is 0 Å². The molecule has 1 aliphatic rings. The number of hydrogen-bond acceptors (Lipinski definition) is 6. The Bertz CT molecular complexity index is 966. The van der Waals surface area contributed by atoms with Crippen LogP contribution >= 0.6 is 0 Å². The van der Waals surface area contributed by atoms with E-state index in [0.29, 0.717) is 31.3 Å². The van der Waals surface area contributed by atoms with Gasteiger partial charge < -0.3 is 13.9 Å². The molecule has 1 aliphatic heterocycles. The summed E-state index contributed by atoms with van der Waals surface area (Å²) >= 11 is 0. The Labute approximate surface area is 162 Å². The number of nitrogens with zero attached hydrogens (tertiary/aromatic N) is 2. The normalized spacial score (nSPS) is 12.6. The Hall–Kier alpha value is -3.35. The topological polar surface area (TPSA) is 86.5 Å². The quantitative estimate of drug-likeness (QED) is 0.708. The van der Waals surface area contributed by atoms with E-state index in [4.69, 9.17) is 13.9 Å². The average molecular weight is 379 g/mol. The molecule has 3 aromatic rings. The van der Waals surface area contributed by atoms with Crippen LogP contribution in [0, 0.1) is 0 Å². The lowest BCUT2D eigenvalue weighted by atomic mass is 10.1. The molecule has 0 saturated heterocycles. The zero-order valence-corrected chi connectivity index (χ0v) is 15.6. The van der Waals surface area contributed by atoms with Gasteiger partial charge in [0.25, 0.3) is 0 Å². The molecule has 28 heavy (non-hydrogen) atoms. The summed E-state index contributed by atoms with van der Waals surface area (Å²) in [5.74, 6) is 1.67. The van der Waals surface area contributed by atoms with Crippen molar-refractivity contribution in [1.82, 2.24) is 10.2 Å². The predicted octanol–water partition coefficient (Wildman–Crippen LogP) is 3.18. The van der Waals surface area contributed by atoms with Gasteiger partial charge in [0.2, 0.25) is 11.8 Å². The minimum Gasteiger partial charge on any atom is -0.486 e. The minimum atomic E-state index is -0.196. The molecular weight excluding hydrogens is 358 g/mol. The number of anilines is 1. The Morgan fingerprint density at radius 1 is 0.964 bits per heavy atom. The van der Waals surface area contributed by atoms with Crippen molar-refractivity contribution < 1.29 is 18.7 Å². The number of rotatable bonds is 6. The molecule has 0 atom stereocenters. The summed E-state index contributed by atoms with van der Waals surface area (Å²) < 4.78 is 16.6. The maximum atomic E-state index is 12.2. The molecule has 1 amide bonds. The van der Waals surface area contributed by atoms with E-state index in [0.717, 1.165) is 23.3 Å². The number of aryl methyl sites for hydroxylation is 1. The van der Waals surface area contributed by atoms with Crippen molar-refractivity contribution in [1.29, 1.82) is 0 Å². The minimum absolute atomic E-state index is 0.0997. The molecule has 0 fully saturated rings. The molecule has 2 heterocycles. The van der Waals surface area contributed by atoms with Crippen LogP contribution in [0.15, 0.2) is 46.9 Å². The number of carbonyl (C=O) groups excluding carboxylic acids is 1. The van der Waals surface area contributed by atoms with Gasteiger partial charge in [0.1, 0.15) is 13.2 Å². The van der Waals surface area contributed by atoms with E-state index in [1.165, 1.54) is 5.56 Å². The van der Waals surface area contributed by atoms with Gasteiger partial charge in [-0.05, 0) is 35.2 Å². The highest BCUT2D eigenvalue weighted by Crippen LogP contribution is 2.31. The predicted molar refractivity (Wildman–Crippen MR) is 103 cm³/mol. The molecule has 0 bridgehead atoms. The summed E-state index contributed by atoms with van der Waals surface area (Å²) in [6.45, 7) is 3.19. The van der Waals surface area contributed by atoms with Crippen molar-refractivity contribution in [3.8, 4) is 11.5 Å². The van der Waals surface area contributed by atoms with Crippen molar-refractivity contribution in [2.45, 2.75) is 26.2 Å². The summed E-state index contributed by atoms with van der Waals surface area (Å²) in [6.07, 6.45) is 1.67. The van der Waals surface area contributed by atoms with Crippen molar-refractivity contribution in [2.75, 3.05) is 18.5 Å². The average Bonchev–Trinajstić information content (AvgIpc) is 3.15. The number of amides is 1. The van der Waals surface area contributed by atoms with Crippen LogP contribution in [0.1, 0.15) is 29.5 Å². The van der Waals surface area contributed by atoms with Gasteiger partial charge in [-0.2, -0.15) is 0 Å². The number of fused-ring (bicyclic) bond motifs is 1. The van der Waals surface area contributed by atoms with E-state index in [9.17, 15) is 4.79 Å². The van der Waals surface area contributed by atoms with Crippen molar-refractivity contribution >= 4 is 11.9 Å². The Balaban J connectivity index is 1.35. The van der Waals surface area contributed by atoms with Gasteiger partial charge in [-0.1, -0.05) is 42.4 Å². The molecule has 144 valence electrons. The zero-order chi connectivity index (χ0) is 19.3. The Morgan fingerprint density at radius 3 is 2.46 bits per heavy atom. The van der Waals surface area contributed by atoms with E-state index in [1.807, 2.05) is 42.5 Å². The third-order valence-corrected chi connectivity index (χ3v) is 4.47. The summed E-state index contributed by atoms with van der Waals surface area (Å²) in [4.78, 5) is 12.2. The van der Waals surface area contributed by atoms with Gasteiger partial charge in [0.05, 0.1) is 12.8 Å². The SMILES string of the molecule is CCc1ccc(CC(=O)Nc2nnc(Cc3ccc4c(c3)OCCO4)o2)cc1. The van der Waals surface area contributed by atoms with Gasteiger partial charge in [0, 0.05) is 0 Å². The van der Waals surface area contributed by atoms with E-state index < -0.39 is 0 Å². The molecule has 2 aromatic carbocycles. The van der Waals surface area contributed by atoms with Crippen LogP contribution in [-0.4, -0.2) is 29.3 Å². The summed E-state index contributed by atoms with van der Waals surface area (Å²) in [5.41, 5.74) is 3.14. The summed E-state index contributed by atoms with van der Waals surface area (Å²) in [6, 6.07) is 13.8. The number of ether oxygens (including phenoxy) is 2. The fourth-order valence-corrected chi connectivity index (χ4v) is 2.99. The molecule has 4 rings (SSSR count). The second-order valence-electron chi connectivity index (χ2n) is 6.55. The molecule has 0 aliphatic carbocycles. The third kappa shape index (κ3) is 4.31. The lowest BCUT2D eigenvalue weighted by Crippen LogP contribution is -2.15. The molecule has 7 heteroatoms. The van der Waals surface area contributed by atoms with Crippen molar-refractivity contribution in [3.05, 3.63) is 65.0 Å². The van der Waals surface area contributed by atoms with Crippen LogP contribution in [0.25, 0.3) is 0 Å². The van der Waals surface area contributed by atoms with Crippen molar-refractivity contribution in [3.63, 3.8) is 0 Å². The number of carbonyl (C=O) groups is 1. The van der Waals surface area contributed by atoms with E-state index in [2.05, 4.69) is 22.4 Å². The van der Waals surface area contributed by atoms with Crippen LogP contribution in [0.4, 0.5) is 6.01 Å². The number of hydrogen-bond donors (Lipinski definition) is 1. The van der Waals surface area contributed by atoms with Crippen molar-refractivity contribution in [2.24, 2.45) is 0 Å². The molecule has 1 N–H and O–H groups in total. The van der Waals surface area contributed by atoms with Crippen LogP contribution < -0.4 is 14.8 Å². The Kier molecular flexibility index (Phi) is 5.23. The third-order valence-electron chi connectivity index (χ3n) is 4.47. The highest BCUT2D eigenvalue weighted by Gasteiger charge is 2.14. The molecule has 0 spiro atoms. The first kappa shape index (κ1) is 18.0. The smallest absolute Gasteiger partial charge is 0.322 e. The van der Waals surface area contributed by atoms with Gasteiger partial charge in [-0.15, -0.1) is 5.10 Å². The van der Waals surface area contributed by atoms with Crippen LogP contribution in [0.2, 0.25) is 0 Å². The van der Waals surface area contributed by atoms with Crippen LogP contribution in [0.5, 0.6) is 11.5 Å². The highest BCUT2D eigenvalue weighted by atomic mass is 16.6. The lowest BCUT2D eigenvalue weighted by Gasteiger charge is -2.18. The van der Waals surface area contributed by atoms with Gasteiger partial charge in [0.15, 0.2) is 11.5 Å². The molecule has 0 radical (unpaired) electrons. The van der Waals surface area contributed by atoms with Gasteiger partial charge in [-0.25, -0.2) is 0 Å². The first-order chi connectivity index (χ1) is 13.7. The number of aromatic nitrogens is 2. The summed E-state index contributed by atoms with van der Waals surface area (Å²) in [5, 5.41) is 10.6. The van der Waals surface area contributed by atoms with Crippen LogP contribution in [0.3, 0.4) is 0 Å². The standard InChI is InChI=1S/C21H21N3O4/c1-2-14-3-5-15(6-4-14)12-19(25)22-21-24-23-20(28-21)13-16-7-8-17-18(11-16)27-10-9-26-17/h3-8,11H,2,9-10,12-13H2,1H3,(H,22,24,25). The maximum Gasteiger partial charge on any atom is 0.322 e. The second kappa shape index (κ2) is 8.12. The van der Waals surface area contributed by atoms with Crippen LogP contribution in [-0.2, 0) is 24.1 Å². The molecular formula is C21H21N3O4. The number of benzene rings is 2. The molecule has 7 nitrogen and oxygen atoms in total. The molecule has 0 saturated carbocycles. The van der Waals surface area contributed by atoms with Gasteiger partial charge in [-0.3, -0.25) is 10.1 Å². The highest BCUT2D eigenvalue weighted by molar-refractivity contribution is 5.90. The fraction of sp³-hybridized carbons (Fsp3) is 0.286. The van der Waals surface area contributed by atoms with E-state index in [-0.39, 0.29) is 18.3 Å². The maximum absolute atomic E-state index is 12.2. The lowest BCUT2D eigenvalue weighted by molar-refractivity contribution is -0.115. The monoisotopic (exact) mass is 379 g/mol. The van der Waals surface area contributed by atoms with E-state index in [1.54, 1.807) is 0 Å². The first-order valence-corrected chi connectivity index (χ1v) is 9.28.